The Morgan fingerprint density at radius 3 is 2.60 bits per heavy atom. The van der Waals surface area contributed by atoms with Crippen molar-refractivity contribution in [2.24, 2.45) is 0 Å². The van der Waals surface area contributed by atoms with E-state index in [1.807, 2.05) is 23.1 Å². The van der Waals surface area contributed by atoms with E-state index in [-0.39, 0.29) is 0 Å². The van der Waals surface area contributed by atoms with Gasteiger partial charge in [-0.25, -0.2) is 0 Å². The van der Waals surface area contributed by atoms with Crippen LogP contribution >= 0.6 is 23.1 Å². The van der Waals surface area contributed by atoms with E-state index in [2.05, 4.69) is 54.0 Å². The maximum absolute atomic E-state index is 3.65. The van der Waals surface area contributed by atoms with Gasteiger partial charge in [0.25, 0.3) is 0 Å². The first-order valence-electron chi connectivity index (χ1n) is 7.21. The van der Waals surface area contributed by atoms with Gasteiger partial charge in [0.1, 0.15) is 0 Å². The summed E-state index contributed by atoms with van der Waals surface area (Å²) in [6.07, 6.45) is 6.40. The molecule has 0 amide bonds. The minimum absolute atomic E-state index is 0.527. The molecule has 0 atom stereocenters. The zero-order valence-corrected chi connectivity index (χ0v) is 13.5. The Morgan fingerprint density at radius 1 is 1.15 bits per heavy atom. The summed E-state index contributed by atoms with van der Waals surface area (Å²) >= 11 is 3.94. The number of benzene rings is 1. The maximum Gasteiger partial charge on any atom is 0.0346 e. The van der Waals surface area contributed by atoms with Crippen molar-refractivity contribution in [1.29, 1.82) is 0 Å². The predicted octanol–water partition coefficient (Wildman–Crippen LogP) is 4.79. The zero-order chi connectivity index (χ0) is 13.8. The third-order valence-corrected chi connectivity index (χ3v) is 6.72. The van der Waals surface area contributed by atoms with Crippen molar-refractivity contribution in [3.63, 3.8) is 0 Å². The second-order valence-corrected chi connectivity index (χ2v) is 7.92. The minimum Gasteiger partial charge on any atom is -0.310 e. The van der Waals surface area contributed by atoms with Crippen LogP contribution < -0.4 is 5.32 Å². The number of hydrogen-bond donors (Lipinski definition) is 1. The van der Waals surface area contributed by atoms with Gasteiger partial charge in [0.05, 0.1) is 0 Å². The standard InChI is InChI=1S/C17H21NS2/c1-19-17(10-5-11-17)13-18-12-15-8-9-16(20-15)14-6-3-2-4-7-14/h2-4,6-9,18H,5,10-13H2,1H3. The average molecular weight is 303 g/mol. The summed E-state index contributed by atoms with van der Waals surface area (Å²) in [5.41, 5.74) is 1.32. The summed E-state index contributed by atoms with van der Waals surface area (Å²) in [4.78, 5) is 2.80. The van der Waals surface area contributed by atoms with Gasteiger partial charge < -0.3 is 5.32 Å². The second-order valence-electron chi connectivity index (χ2n) is 5.48. The summed E-state index contributed by atoms with van der Waals surface area (Å²) in [6.45, 7) is 2.15. The minimum atomic E-state index is 0.527. The molecule has 1 aliphatic carbocycles. The lowest BCUT2D eigenvalue weighted by Crippen LogP contribution is -2.43. The van der Waals surface area contributed by atoms with Crippen LogP contribution in [0.4, 0.5) is 0 Å². The highest BCUT2D eigenvalue weighted by molar-refractivity contribution is 8.00. The van der Waals surface area contributed by atoms with E-state index in [9.17, 15) is 0 Å². The first-order valence-corrected chi connectivity index (χ1v) is 9.25. The van der Waals surface area contributed by atoms with E-state index < -0.39 is 0 Å². The smallest absolute Gasteiger partial charge is 0.0346 e. The molecule has 1 aromatic carbocycles. The Balaban J connectivity index is 1.55. The van der Waals surface area contributed by atoms with Crippen LogP contribution in [0.2, 0.25) is 0 Å². The Labute approximate surface area is 129 Å². The van der Waals surface area contributed by atoms with Gasteiger partial charge in [0.2, 0.25) is 0 Å². The molecule has 3 heteroatoms. The molecule has 1 aliphatic rings. The predicted molar refractivity (Wildman–Crippen MR) is 91.6 cm³/mol. The van der Waals surface area contributed by atoms with Gasteiger partial charge in [-0.1, -0.05) is 36.8 Å². The number of thioether (sulfide) groups is 1. The molecule has 1 aromatic heterocycles. The molecule has 106 valence electrons. The lowest BCUT2D eigenvalue weighted by Gasteiger charge is -2.40. The fourth-order valence-electron chi connectivity index (χ4n) is 2.67. The lowest BCUT2D eigenvalue weighted by atomic mass is 9.84. The van der Waals surface area contributed by atoms with Crippen LogP contribution in [0.15, 0.2) is 42.5 Å². The second kappa shape index (κ2) is 6.33. The van der Waals surface area contributed by atoms with Crippen LogP contribution in [0.1, 0.15) is 24.1 Å². The third-order valence-electron chi connectivity index (χ3n) is 4.16. The normalized spacial score (nSPS) is 16.9. The van der Waals surface area contributed by atoms with Crippen LogP contribution in [-0.2, 0) is 6.54 Å². The van der Waals surface area contributed by atoms with Crippen molar-refractivity contribution in [3.8, 4) is 10.4 Å². The Hall–Kier alpha value is -0.770. The quantitative estimate of drug-likeness (QED) is 0.823. The summed E-state index contributed by atoms with van der Waals surface area (Å²) in [5, 5.41) is 3.65. The number of hydrogen-bond acceptors (Lipinski definition) is 3. The molecule has 2 aromatic rings. The molecule has 0 aliphatic heterocycles. The van der Waals surface area contributed by atoms with E-state index in [1.165, 1.54) is 34.6 Å². The van der Waals surface area contributed by atoms with Crippen molar-refractivity contribution in [2.45, 2.75) is 30.6 Å². The van der Waals surface area contributed by atoms with Gasteiger partial charge in [-0.15, -0.1) is 11.3 Å². The SMILES string of the molecule is CSC1(CNCc2ccc(-c3ccccc3)s2)CCC1. The topological polar surface area (TPSA) is 12.0 Å². The monoisotopic (exact) mass is 303 g/mol. The molecule has 0 unspecified atom stereocenters. The van der Waals surface area contributed by atoms with Gasteiger partial charge in [-0.3, -0.25) is 0 Å². The largest absolute Gasteiger partial charge is 0.310 e. The number of rotatable bonds is 6. The highest BCUT2D eigenvalue weighted by atomic mass is 32.2. The van der Waals surface area contributed by atoms with Crippen LogP contribution in [0.25, 0.3) is 10.4 Å². The zero-order valence-electron chi connectivity index (χ0n) is 11.9. The van der Waals surface area contributed by atoms with E-state index in [1.54, 1.807) is 0 Å². The molecule has 1 N–H and O–H groups in total. The van der Waals surface area contributed by atoms with Crippen molar-refractivity contribution >= 4 is 23.1 Å². The highest BCUT2D eigenvalue weighted by Gasteiger charge is 2.35. The summed E-state index contributed by atoms with van der Waals surface area (Å²) in [5.74, 6) is 0. The number of nitrogens with one attached hydrogen (secondary N) is 1. The van der Waals surface area contributed by atoms with E-state index in [0.717, 1.165) is 13.1 Å². The molecule has 3 rings (SSSR count). The molecule has 20 heavy (non-hydrogen) atoms. The van der Waals surface area contributed by atoms with Crippen molar-refractivity contribution in [1.82, 2.24) is 5.32 Å². The molecule has 0 saturated heterocycles. The summed E-state index contributed by atoms with van der Waals surface area (Å²) in [6, 6.07) is 15.1. The molecular formula is C17H21NS2. The van der Waals surface area contributed by atoms with Gasteiger partial charge in [-0.2, -0.15) is 11.8 Å². The van der Waals surface area contributed by atoms with Crippen molar-refractivity contribution in [2.75, 3.05) is 12.8 Å². The Bertz CT molecular complexity index is 538. The molecular weight excluding hydrogens is 282 g/mol. The van der Waals surface area contributed by atoms with Gasteiger partial charge in [-0.05, 0) is 36.8 Å². The van der Waals surface area contributed by atoms with Crippen molar-refractivity contribution < 1.29 is 0 Å². The lowest BCUT2D eigenvalue weighted by molar-refractivity contribution is 0.346. The maximum atomic E-state index is 3.65. The summed E-state index contributed by atoms with van der Waals surface area (Å²) < 4.78 is 0.527. The molecule has 1 fully saturated rings. The van der Waals surface area contributed by atoms with Crippen LogP contribution in [0, 0.1) is 0 Å². The Kier molecular flexibility index (Phi) is 4.49. The van der Waals surface area contributed by atoms with Gasteiger partial charge in [0, 0.05) is 27.6 Å². The number of thiophene rings is 1. The van der Waals surface area contributed by atoms with Crippen LogP contribution in [0.5, 0.6) is 0 Å². The molecule has 0 bridgehead atoms. The van der Waals surface area contributed by atoms with Gasteiger partial charge in [0.15, 0.2) is 0 Å². The molecule has 0 radical (unpaired) electrons. The third kappa shape index (κ3) is 3.11. The van der Waals surface area contributed by atoms with Crippen LogP contribution in [-0.4, -0.2) is 17.5 Å². The highest BCUT2D eigenvalue weighted by Crippen LogP contribution is 2.42. The molecule has 1 heterocycles. The average Bonchev–Trinajstić information content (AvgIpc) is 2.92. The van der Waals surface area contributed by atoms with E-state index >= 15 is 0 Å². The first-order chi connectivity index (χ1) is 9.81. The Morgan fingerprint density at radius 2 is 1.95 bits per heavy atom. The van der Waals surface area contributed by atoms with Crippen LogP contribution in [0.3, 0.4) is 0 Å². The fourth-order valence-corrected chi connectivity index (χ4v) is 4.59. The summed E-state index contributed by atoms with van der Waals surface area (Å²) in [7, 11) is 0. The van der Waals surface area contributed by atoms with Gasteiger partial charge >= 0.3 is 0 Å². The van der Waals surface area contributed by atoms with Crippen molar-refractivity contribution in [3.05, 3.63) is 47.3 Å². The fraction of sp³-hybridized carbons (Fsp3) is 0.412. The molecule has 0 spiro atoms. The molecule has 1 nitrogen and oxygen atoms in total. The van der Waals surface area contributed by atoms with E-state index in [0.29, 0.717) is 4.75 Å². The molecule has 1 saturated carbocycles. The first kappa shape index (κ1) is 14.2. The van der Waals surface area contributed by atoms with E-state index in [4.69, 9.17) is 0 Å².